The van der Waals surface area contributed by atoms with E-state index in [4.69, 9.17) is 11.6 Å². The Hall–Kier alpha value is -2.44. The molecule has 1 aliphatic heterocycles. The van der Waals surface area contributed by atoms with Gasteiger partial charge in [-0.1, -0.05) is 11.6 Å². The predicted octanol–water partition coefficient (Wildman–Crippen LogP) is 4.93. The number of amides is 1. The summed E-state index contributed by atoms with van der Waals surface area (Å²) in [6.07, 6.45) is 3.37. The molecule has 0 radical (unpaired) electrons. The van der Waals surface area contributed by atoms with Crippen LogP contribution in [0.1, 0.15) is 12.8 Å². The molecule has 1 saturated heterocycles. The summed E-state index contributed by atoms with van der Waals surface area (Å²) in [5.74, 6) is 2.72. The number of thioether (sulfide) groups is 2. The van der Waals surface area contributed by atoms with Crippen molar-refractivity contribution in [1.29, 1.82) is 0 Å². The second-order valence-electron chi connectivity index (χ2n) is 9.16. The third kappa shape index (κ3) is 6.58. The molecule has 0 bridgehead atoms. The number of anilines is 3. The zero-order valence-electron chi connectivity index (χ0n) is 20.6. The Morgan fingerprint density at radius 2 is 2.00 bits per heavy atom. The first kappa shape index (κ1) is 27.1. The highest BCUT2D eigenvalue weighted by atomic mass is 35.5. The second kappa shape index (κ2) is 12.6. The molecular formula is C26H28ClFN6O2S2. The lowest BCUT2D eigenvalue weighted by molar-refractivity contribution is -0.124. The highest BCUT2D eigenvalue weighted by Gasteiger charge is 2.38. The fraction of sp³-hybridized carbons (Fsp3) is 0.385. The van der Waals surface area contributed by atoms with Crippen LogP contribution in [0.5, 0.6) is 0 Å². The number of benzene rings is 1. The minimum absolute atomic E-state index is 0.00553. The van der Waals surface area contributed by atoms with Crippen molar-refractivity contribution >= 4 is 58.2 Å². The zero-order chi connectivity index (χ0) is 26.5. The van der Waals surface area contributed by atoms with Crippen molar-refractivity contribution in [2.45, 2.75) is 23.9 Å². The number of hydrogen-bond acceptors (Lipinski definition) is 9. The molecule has 2 aromatic heterocycles. The minimum atomic E-state index is -0.461. The first-order valence-corrected chi connectivity index (χ1v) is 14.9. The van der Waals surface area contributed by atoms with Crippen LogP contribution in [0.3, 0.4) is 0 Å². The maximum absolute atomic E-state index is 14.5. The highest BCUT2D eigenvalue weighted by Crippen LogP contribution is 2.35. The smallest absolute Gasteiger partial charge is 0.228 e. The number of aliphatic hydroxyl groups is 1. The maximum Gasteiger partial charge on any atom is 0.228 e. The van der Waals surface area contributed by atoms with Gasteiger partial charge >= 0.3 is 0 Å². The van der Waals surface area contributed by atoms with E-state index in [9.17, 15) is 14.3 Å². The summed E-state index contributed by atoms with van der Waals surface area (Å²) in [5, 5.41) is 24.9. The van der Waals surface area contributed by atoms with Crippen LogP contribution in [0, 0.1) is 11.7 Å². The van der Waals surface area contributed by atoms with Crippen molar-refractivity contribution in [3.8, 4) is 11.3 Å². The monoisotopic (exact) mass is 574 g/mol. The van der Waals surface area contributed by atoms with Crippen LogP contribution in [-0.2, 0) is 4.79 Å². The first-order chi connectivity index (χ1) is 18.5. The number of carbonyl (C=O) groups excluding carboxylic acids is 1. The number of pyridine rings is 1. The van der Waals surface area contributed by atoms with E-state index in [0.29, 0.717) is 44.7 Å². The van der Waals surface area contributed by atoms with E-state index >= 15 is 0 Å². The van der Waals surface area contributed by atoms with Crippen molar-refractivity contribution in [3.63, 3.8) is 0 Å². The Kier molecular flexibility index (Phi) is 9.01. The summed E-state index contributed by atoms with van der Waals surface area (Å²) < 4.78 is 14.5. The van der Waals surface area contributed by atoms with E-state index in [1.165, 1.54) is 41.5 Å². The molecule has 3 N–H and O–H groups in total. The molecule has 3 aromatic rings. The standard InChI is InChI=1S/C26H28ClFN6O2S2/c27-17-1-2-21(28)20(13-17)22-15-23(26(33-32-22)38-10-7-35)30-18-3-4-29-24(14-18)31-25(36)16-11-19(12-16)34-5-8-37-9-6-34/h1-4,13-16,19,35H,5-12H2,(H2,29,30,31,32,36). The number of nitrogens with one attached hydrogen (secondary N) is 2. The summed E-state index contributed by atoms with van der Waals surface area (Å²) in [6, 6.07) is 9.96. The molecular weight excluding hydrogens is 547 g/mol. The Morgan fingerprint density at radius 1 is 1.18 bits per heavy atom. The molecule has 200 valence electrons. The average Bonchev–Trinajstić information content (AvgIpc) is 2.89. The predicted molar refractivity (Wildman–Crippen MR) is 152 cm³/mol. The first-order valence-electron chi connectivity index (χ1n) is 12.4. The van der Waals surface area contributed by atoms with Crippen molar-refractivity contribution in [2.75, 3.05) is 47.6 Å². The molecule has 0 spiro atoms. The lowest BCUT2D eigenvalue weighted by Crippen LogP contribution is -2.50. The summed E-state index contributed by atoms with van der Waals surface area (Å²) in [4.78, 5) is 19.7. The molecule has 5 rings (SSSR count). The molecule has 38 heavy (non-hydrogen) atoms. The molecule has 2 aliphatic rings. The highest BCUT2D eigenvalue weighted by molar-refractivity contribution is 7.99. The molecule has 1 saturated carbocycles. The number of carbonyl (C=O) groups is 1. The van der Waals surface area contributed by atoms with Gasteiger partial charge in [-0.2, -0.15) is 11.8 Å². The number of aliphatic hydroxyl groups excluding tert-OH is 1. The molecule has 1 aromatic carbocycles. The van der Waals surface area contributed by atoms with Crippen LogP contribution in [-0.4, -0.2) is 74.1 Å². The SMILES string of the molecule is O=C(Nc1cc(Nc2cc(-c3cc(Cl)ccc3F)nnc2SCCO)ccn1)C1CC(N2CCSCC2)C1. The fourth-order valence-corrected chi connectivity index (χ4v) is 6.30. The zero-order valence-corrected chi connectivity index (χ0v) is 23.0. The van der Waals surface area contributed by atoms with Gasteiger partial charge in [-0.3, -0.25) is 9.69 Å². The third-order valence-corrected chi connectivity index (χ3v) is 8.77. The number of halogens is 2. The second-order valence-corrected chi connectivity index (χ2v) is 11.9. The van der Waals surface area contributed by atoms with Crippen LogP contribution in [0.4, 0.5) is 21.6 Å². The number of aromatic nitrogens is 3. The maximum atomic E-state index is 14.5. The van der Waals surface area contributed by atoms with E-state index in [0.717, 1.165) is 25.9 Å². The van der Waals surface area contributed by atoms with Gasteiger partial charge in [0.1, 0.15) is 16.7 Å². The van der Waals surface area contributed by atoms with E-state index in [2.05, 4.69) is 30.7 Å². The van der Waals surface area contributed by atoms with E-state index in [1.54, 1.807) is 24.4 Å². The normalized spacial score (nSPS) is 19.6. The Bertz CT molecular complexity index is 1290. The van der Waals surface area contributed by atoms with Crippen molar-refractivity contribution < 1.29 is 14.3 Å². The van der Waals surface area contributed by atoms with Gasteiger partial charge in [-0.05, 0) is 43.2 Å². The average molecular weight is 575 g/mol. The van der Waals surface area contributed by atoms with Gasteiger partial charge in [0.25, 0.3) is 0 Å². The van der Waals surface area contributed by atoms with Crippen LogP contribution in [0.2, 0.25) is 5.02 Å². The summed E-state index contributed by atoms with van der Waals surface area (Å²) in [7, 11) is 0. The number of hydrogen-bond donors (Lipinski definition) is 3. The van der Waals surface area contributed by atoms with Gasteiger partial charge in [-0.25, -0.2) is 9.37 Å². The molecule has 1 aliphatic carbocycles. The number of nitrogens with zero attached hydrogens (tertiary/aromatic N) is 4. The van der Waals surface area contributed by atoms with Gasteiger partial charge in [0.15, 0.2) is 0 Å². The molecule has 0 atom stereocenters. The Labute approximate surface area is 234 Å². The topological polar surface area (TPSA) is 103 Å². The summed E-state index contributed by atoms with van der Waals surface area (Å²) >= 11 is 9.38. The molecule has 2 fully saturated rings. The van der Waals surface area contributed by atoms with E-state index < -0.39 is 5.82 Å². The molecule has 1 amide bonds. The van der Waals surface area contributed by atoms with Crippen LogP contribution < -0.4 is 10.6 Å². The van der Waals surface area contributed by atoms with Gasteiger partial charge in [0.2, 0.25) is 5.91 Å². The van der Waals surface area contributed by atoms with Crippen molar-refractivity contribution in [3.05, 3.63) is 53.4 Å². The van der Waals surface area contributed by atoms with Crippen LogP contribution in [0.25, 0.3) is 11.3 Å². The largest absolute Gasteiger partial charge is 0.396 e. The van der Waals surface area contributed by atoms with Crippen molar-refractivity contribution in [2.24, 2.45) is 5.92 Å². The Balaban J connectivity index is 1.28. The van der Waals surface area contributed by atoms with Gasteiger partial charge < -0.3 is 15.7 Å². The van der Waals surface area contributed by atoms with Gasteiger partial charge in [0, 0.05) is 70.8 Å². The lowest BCUT2D eigenvalue weighted by Gasteiger charge is -2.43. The minimum Gasteiger partial charge on any atom is -0.396 e. The Morgan fingerprint density at radius 3 is 2.79 bits per heavy atom. The lowest BCUT2D eigenvalue weighted by atomic mass is 9.78. The van der Waals surface area contributed by atoms with E-state index in [1.807, 2.05) is 11.8 Å². The van der Waals surface area contributed by atoms with Crippen LogP contribution >= 0.6 is 35.1 Å². The quantitative estimate of drug-likeness (QED) is 0.307. The van der Waals surface area contributed by atoms with E-state index in [-0.39, 0.29) is 24.0 Å². The van der Waals surface area contributed by atoms with Crippen LogP contribution in [0.15, 0.2) is 47.6 Å². The third-order valence-electron chi connectivity index (χ3n) is 6.63. The van der Waals surface area contributed by atoms with Gasteiger partial charge in [0.05, 0.1) is 18.0 Å². The summed E-state index contributed by atoms with van der Waals surface area (Å²) in [6.45, 7) is 2.18. The molecule has 8 nitrogen and oxygen atoms in total. The fourth-order valence-electron chi connectivity index (χ4n) is 4.55. The number of rotatable bonds is 9. The molecule has 0 unspecified atom stereocenters. The molecule has 3 heterocycles. The van der Waals surface area contributed by atoms with Crippen molar-refractivity contribution in [1.82, 2.24) is 20.1 Å². The van der Waals surface area contributed by atoms with Gasteiger partial charge in [-0.15, -0.1) is 22.0 Å². The molecule has 12 heteroatoms. The summed E-state index contributed by atoms with van der Waals surface area (Å²) in [5.41, 5.74) is 1.80.